The summed E-state index contributed by atoms with van der Waals surface area (Å²) in [5, 5.41) is 7.16. The second-order valence-corrected chi connectivity index (χ2v) is 24.4. The molecular formula is C75H76F6N16O9. The Hall–Kier alpha value is -12.5. The monoisotopic (exact) mass is 1460 g/mol. The summed E-state index contributed by atoms with van der Waals surface area (Å²) in [5.74, 6) is -5.88. The van der Waals surface area contributed by atoms with Gasteiger partial charge in [0.05, 0.1) is 99.0 Å². The van der Waals surface area contributed by atoms with Crippen molar-refractivity contribution in [3.63, 3.8) is 0 Å². The molecule has 3 N–H and O–H groups in total. The smallest absolute Gasteiger partial charge is 0.265 e. The number of halogens is 6. The summed E-state index contributed by atoms with van der Waals surface area (Å²) < 4.78 is 133. The lowest BCUT2D eigenvalue weighted by atomic mass is 10.1. The number of rotatable bonds is 24. The minimum Gasteiger partial charge on any atom is -0.493 e. The van der Waals surface area contributed by atoms with Crippen molar-refractivity contribution in [1.29, 1.82) is 0 Å². The number of likely N-dealkylation sites (N-methyl/N-ethyl adjacent to an activating group) is 1. The lowest BCUT2D eigenvalue weighted by molar-refractivity contribution is 0.358. The highest BCUT2D eigenvalue weighted by Gasteiger charge is 2.31. The van der Waals surface area contributed by atoms with Crippen molar-refractivity contribution in [2.45, 2.75) is 26.4 Å². The molecule has 0 amide bonds. The topological polar surface area (TPSA) is 237 Å². The lowest BCUT2D eigenvalue weighted by Gasteiger charge is -2.28. The summed E-state index contributed by atoms with van der Waals surface area (Å²) in [6.45, 7) is 5.19. The van der Waals surface area contributed by atoms with E-state index in [1.54, 1.807) is 105 Å². The van der Waals surface area contributed by atoms with E-state index in [0.717, 1.165) is 12.1 Å². The van der Waals surface area contributed by atoms with Gasteiger partial charge in [-0.1, -0.05) is 13.8 Å². The first-order valence-electron chi connectivity index (χ1n) is 32.9. The summed E-state index contributed by atoms with van der Waals surface area (Å²) >= 11 is 0. The van der Waals surface area contributed by atoms with Gasteiger partial charge in [-0.3, -0.25) is 28.1 Å². The Kier molecular flexibility index (Phi) is 22.9. The lowest BCUT2D eigenvalue weighted by Crippen LogP contribution is -2.33. The number of imidazole rings is 1. The highest BCUT2D eigenvalue weighted by atomic mass is 19.2. The number of benzene rings is 6. The number of fused-ring (bicyclic) bond motifs is 3. The first-order valence-corrected chi connectivity index (χ1v) is 32.9. The second kappa shape index (κ2) is 32.4. The molecule has 0 bridgehead atoms. The van der Waals surface area contributed by atoms with Crippen LogP contribution in [0.2, 0.25) is 0 Å². The maximum absolute atomic E-state index is 15.5. The van der Waals surface area contributed by atoms with Gasteiger partial charge in [-0.05, 0) is 79.8 Å². The molecule has 0 atom stereocenters. The van der Waals surface area contributed by atoms with E-state index in [2.05, 4.69) is 35.6 Å². The highest BCUT2D eigenvalue weighted by molar-refractivity contribution is 5.87. The minimum absolute atomic E-state index is 0.0319. The van der Waals surface area contributed by atoms with Gasteiger partial charge in [-0.15, -0.1) is 0 Å². The Bertz CT molecular complexity index is 5440. The molecule has 0 aliphatic heterocycles. The normalized spacial score (nSPS) is 11.2. The molecule has 7 heterocycles. The Balaban J connectivity index is 0.000000159. The Morgan fingerprint density at radius 2 is 0.764 bits per heavy atom. The Morgan fingerprint density at radius 1 is 0.443 bits per heavy atom. The maximum Gasteiger partial charge on any atom is 0.265 e. The molecule has 0 fully saturated rings. The van der Waals surface area contributed by atoms with Crippen LogP contribution in [0.4, 0.5) is 60.5 Å². The molecule has 6 aromatic carbocycles. The molecule has 0 aliphatic carbocycles. The predicted molar refractivity (Wildman–Crippen MR) is 393 cm³/mol. The van der Waals surface area contributed by atoms with Crippen LogP contribution in [0.3, 0.4) is 0 Å². The minimum atomic E-state index is -0.921. The van der Waals surface area contributed by atoms with Crippen LogP contribution >= 0.6 is 0 Å². The van der Waals surface area contributed by atoms with Gasteiger partial charge in [0.1, 0.15) is 41.9 Å². The molecule has 7 aromatic heterocycles. The van der Waals surface area contributed by atoms with E-state index in [-0.39, 0.29) is 93.6 Å². The number of anilines is 6. The third kappa shape index (κ3) is 15.3. The number of nitrogens with one attached hydrogen (secondary N) is 3. The van der Waals surface area contributed by atoms with Crippen LogP contribution in [0.5, 0.6) is 34.5 Å². The zero-order valence-electron chi connectivity index (χ0n) is 59.9. The zero-order chi connectivity index (χ0) is 75.8. The number of hydrogen-bond acceptors (Lipinski definition) is 18. The van der Waals surface area contributed by atoms with Crippen LogP contribution in [0, 0.1) is 34.9 Å². The summed E-state index contributed by atoms with van der Waals surface area (Å²) in [4.78, 5) is 64.7. The van der Waals surface area contributed by atoms with E-state index in [1.807, 2.05) is 67.3 Å². The largest absolute Gasteiger partial charge is 0.493 e. The molecule has 0 unspecified atom stereocenters. The summed E-state index contributed by atoms with van der Waals surface area (Å²) in [7, 11) is 15.1. The van der Waals surface area contributed by atoms with E-state index in [1.165, 1.54) is 102 Å². The van der Waals surface area contributed by atoms with Crippen molar-refractivity contribution in [1.82, 2.24) is 63.0 Å². The van der Waals surface area contributed by atoms with Gasteiger partial charge < -0.3 is 72.4 Å². The molecule has 13 rings (SSSR count). The second-order valence-electron chi connectivity index (χ2n) is 24.4. The maximum atomic E-state index is 15.5. The number of methoxy groups -OCH3 is 6. The van der Waals surface area contributed by atoms with Crippen molar-refractivity contribution in [3.05, 3.63) is 231 Å². The van der Waals surface area contributed by atoms with Crippen LogP contribution in [0.1, 0.15) is 19.7 Å². The van der Waals surface area contributed by atoms with Crippen LogP contribution in [-0.2, 0) is 27.7 Å². The Labute approximate surface area is 603 Å². The molecule has 0 aliphatic rings. The highest BCUT2D eigenvalue weighted by Crippen LogP contribution is 2.44. The fourth-order valence-corrected chi connectivity index (χ4v) is 11.9. The quantitative estimate of drug-likeness (QED) is 0.0477. The number of nitrogens with zero attached hydrogens (tertiary/aromatic N) is 13. The summed E-state index contributed by atoms with van der Waals surface area (Å²) in [6, 6.07) is 23.7. The van der Waals surface area contributed by atoms with Gasteiger partial charge >= 0.3 is 0 Å². The molecule has 552 valence electrons. The van der Waals surface area contributed by atoms with Crippen LogP contribution in [-0.4, -0.2) is 134 Å². The number of aryl methyl sites for hydroxylation is 3. The standard InChI is InChI=1S/C26H29F2N5O3.C25H22F2N6O3.C24H25F2N5O3/c1-16(2)29-9-11-32(25-23(27)21(35-4)13-22(36-5)24(25)28)17-6-7-20-19(12-17)26(34)33(15-30-20)18-8-10-31(3)14-18;1-31-9-6-16(12-31)33-14-30-18-5-4-15(10-17(18)25(33)34)32(13-21-28-7-8-29-21)24-22(26)19(35-2)11-20(36-3)23(24)27;1-27-8-10-30(23-21(25)19(33-3)12-20(34-4)22(23)26)15-5-6-18-17(11-15)24(32)31(14-28-18)16-7-9-29(2)13-16/h6-8,10,12-16,29H,9,11H2,1-5H3;4-12,14H,13H2,1-3H3,(H,28,29);5-7,9,11-14,27H,8,10H2,1-4H3. The first-order chi connectivity index (χ1) is 51.0. The molecule has 25 nitrogen and oxygen atoms in total. The predicted octanol–water partition coefficient (Wildman–Crippen LogP) is 11.6. The van der Waals surface area contributed by atoms with Crippen molar-refractivity contribution in [2.75, 3.05) is 90.6 Å². The fraction of sp³-hybridized carbons (Fsp3) is 0.240. The van der Waals surface area contributed by atoms with E-state index in [4.69, 9.17) is 28.4 Å². The van der Waals surface area contributed by atoms with Gasteiger partial charge in [-0.2, -0.15) is 0 Å². The molecular weight excluding hydrogens is 1380 g/mol. The number of hydrogen-bond donors (Lipinski definition) is 3. The molecule has 0 saturated heterocycles. The molecule has 0 saturated carbocycles. The van der Waals surface area contributed by atoms with Crippen molar-refractivity contribution in [2.24, 2.45) is 21.1 Å². The van der Waals surface area contributed by atoms with Crippen molar-refractivity contribution < 1.29 is 54.8 Å². The van der Waals surface area contributed by atoms with Gasteiger partial charge in [0.15, 0.2) is 69.4 Å². The molecule has 106 heavy (non-hydrogen) atoms. The van der Waals surface area contributed by atoms with Crippen LogP contribution in [0.25, 0.3) is 49.8 Å². The number of H-pyrrole nitrogens is 1. The van der Waals surface area contributed by atoms with Crippen molar-refractivity contribution in [3.8, 4) is 51.6 Å². The van der Waals surface area contributed by atoms with E-state index in [9.17, 15) is 14.4 Å². The molecule has 0 spiro atoms. The SMILES string of the molecule is CNCCN(c1ccc2ncn(-c3ccn(C)c3)c(=O)c2c1)c1c(F)c(OC)cc(OC)c1F.COc1cc(OC)c(F)c(N(CCNC(C)C)c2ccc3ncn(-c4ccn(C)c4)c(=O)c3c2)c1F.COc1cc(OC)c(F)c(N(Cc2ncc[nH]2)c2ccc3ncn(-c4ccn(C)c4)c(=O)c3c2)c1F. The summed E-state index contributed by atoms with van der Waals surface area (Å²) in [6.07, 6.45) is 18.4. The fourth-order valence-electron chi connectivity index (χ4n) is 11.9. The van der Waals surface area contributed by atoms with Crippen LogP contribution < -0.4 is 70.4 Å². The van der Waals surface area contributed by atoms with Gasteiger partial charge in [0.25, 0.3) is 16.7 Å². The third-order valence-electron chi connectivity index (χ3n) is 17.2. The molecule has 31 heteroatoms. The molecule has 13 aromatic rings. The third-order valence-corrected chi connectivity index (χ3v) is 17.2. The zero-order valence-corrected chi connectivity index (χ0v) is 59.9. The van der Waals surface area contributed by atoms with Gasteiger partial charge in [-0.25, -0.2) is 46.3 Å². The average molecular weight is 1460 g/mol. The molecule has 0 radical (unpaired) electrons. The van der Waals surface area contributed by atoms with Crippen molar-refractivity contribution >= 4 is 66.8 Å². The summed E-state index contributed by atoms with van der Waals surface area (Å²) in [5.41, 5.74) is 2.55. The average Bonchev–Trinajstić information content (AvgIpc) is 0.951. The van der Waals surface area contributed by atoms with Gasteiger partial charge in [0.2, 0.25) is 0 Å². The number of ether oxygens (including phenoxy) is 6. The number of aromatic nitrogens is 11. The van der Waals surface area contributed by atoms with Crippen LogP contribution in [0.15, 0.2) is 174 Å². The number of aromatic amines is 1. The van der Waals surface area contributed by atoms with E-state index in [0.29, 0.717) is 80.4 Å². The van der Waals surface area contributed by atoms with E-state index >= 15 is 26.3 Å². The van der Waals surface area contributed by atoms with E-state index < -0.39 is 40.6 Å². The van der Waals surface area contributed by atoms with Gasteiger partial charge in [0, 0.05) is 138 Å². The first kappa shape index (κ1) is 74.7. The Morgan fingerprint density at radius 3 is 1.05 bits per heavy atom.